The fourth-order valence-electron chi connectivity index (χ4n) is 4.46. The zero-order valence-electron chi connectivity index (χ0n) is 20.8. The van der Waals surface area contributed by atoms with E-state index in [2.05, 4.69) is 30.2 Å². The number of hydrogen-bond acceptors (Lipinski definition) is 10. The van der Waals surface area contributed by atoms with Crippen LogP contribution in [0.4, 0.5) is 30.6 Å². The highest BCUT2D eigenvalue weighted by atomic mass is 19.4. The zero-order valence-corrected chi connectivity index (χ0v) is 20.8. The molecule has 3 aromatic rings. The maximum Gasteiger partial charge on any atom is 0.451 e. The number of alkyl halides is 3. The van der Waals surface area contributed by atoms with Gasteiger partial charge in [0.1, 0.15) is 11.2 Å². The number of carbonyl (C=O) groups is 1. The first-order valence-electron chi connectivity index (χ1n) is 11.9. The first-order valence-corrected chi connectivity index (χ1v) is 11.9. The number of likely N-dealkylation sites (N-methyl/N-ethyl adjacent to an activating group) is 1. The van der Waals surface area contributed by atoms with Crippen molar-refractivity contribution in [3.63, 3.8) is 0 Å². The van der Waals surface area contributed by atoms with Crippen molar-refractivity contribution in [2.45, 2.75) is 51.1 Å². The van der Waals surface area contributed by atoms with Gasteiger partial charge in [0.2, 0.25) is 17.7 Å². The number of aromatic nitrogens is 5. The number of amides is 1. The van der Waals surface area contributed by atoms with Gasteiger partial charge in [-0.1, -0.05) is 6.07 Å². The summed E-state index contributed by atoms with van der Waals surface area (Å²) in [6.45, 7) is 4.17. The maximum atomic E-state index is 13.3. The minimum atomic E-state index is -4.63. The number of hydrogen-bond donors (Lipinski definition) is 2. The van der Waals surface area contributed by atoms with Crippen LogP contribution in [0.5, 0.6) is 11.6 Å². The molecule has 0 radical (unpaired) electrons. The first-order chi connectivity index (χ1) is 18.0. The van der Waals surface area contributed by atoms with Crippen LogP contribution in [0.25, 0.3) is 0 Å². The average Bonchev–Trinajstić information content (AvgIpc) is 2.89. The molecular weight excluding hydrogens is 505 g/mol. The molecule has 200 valence electrons. The minimum absolute atomic E-state index is 0.0219. The third kappa shape index (κ3) is 4.44. The molecule has 0 bridgehead atoms. The van der Waals surface area contributed by atoms with Crippen molar-refractivity contribution in [3.8, 4) is 11.6 Å². The summed E-state index contributed by atoms with van der Waals surface area (Å²) >= 11 is 0. The summed E-state index contributed by atoms with van der Waals surface area (Å²) in [5.74, 6) is -0.301. The van der Waals surface area contributed by atoms with E-state index < -0.39 is 23.6 Å². The molecule has 3 aromatic heterocycles. The Hall–Kier alpha value is -4.07. The van der Waals surface area contributed by atoms with E-state index >= 15 is 0 Å². The second kappa shape index (κ2) is 9.35. The fraction of sp³-hybridized carbons (Fsp3) is 0.417. The van der Waals surface area contributed by atoms with Gasteiger partial charge in [-0.2, -0.15) is 18.2 Å². The fourth-order valence-corrected chi connectivity index (χ4v) is 4.46. The number of carbonyl (C=O) groups excluding carboxylic acids is 1. The van der Waals surface area contributed by atoms with Gasteiger partial charge in [0.05, 0.1) is 24.2 Å². The van der Waals surface area contributed by atoms with Crippen LogP contribution in [0, 0.1) is 0 Å². The Morgan fingerprint density at radius 3 is 2.55 bits per heavy atom. The number of aliphatic hydroxyl groups is 1. The van der Waals surface area contributed by atoms with Crippen molar-refractivity contribution in [1.82, 2.24) is 24.9 Å². The van der Waals surface area contributed by atoms with Crippen molar-refractivity contribution in [3.05, 3.63) is 47.8 Å². The van der Waals surface area contributed by atoms with Crippen molar-refractivity contribution in [2.24, 2.45) is 0 Å². The van der Waals surface area contributed by atoms with Gasteiger partial charge < -0.3 is 25.0 Å². The normalized spacial score (nSPS) is 19.7. The number of halogens is 3. The second-order valence-electron chi connectivity index (χ2n) is 9.31. The molecule has 0 unspecified atom stereocenters. The highest BCUT2D eigenvalue weighted by molar-refractivity contribution is 6.08. The highest BCUT2D eigenvalue weighted by Gasteiger charge is 2.52. The van der Waals surface area contributed by atoms with Gasteiger partial charge in [-0.15, -0.1) is 0 Å². The Kier molecular flexibility index (Phi) is 6.29. The van der Waals surface area contributed by atoms with Crippen molar-refractivity contribution < 1.29 is 27.8 Å². The molecule has 2 N–H and O–H groups in total. The number of nitrogens with zero attached hydrogens (tertiary/aromatic N) is 7. The Balaban J connectivity index is 1.30. The Bertz CT molecular complexity index is 1350. The van der Waals surface area contributed by atoms with Crippen LogP contribution in [0.1, 0.15) is 37.4 Å². The SMILES string of the molecule is C[C@H](O)[C@@]1(C)C(=O)N2CCCc3nc(NCc4ccc(Oc5cnc(C(F)(F)F)nc5)nc4)nc(c32)N1C. The van der Waals surface area contributed by atoms with Gasteiger partial charge in [-0.05, 0) is 32.3 Å². The standard InChI is InChI=1S/C24H25F3N8O3/c1-13(36)23(2)21(37)35-8-4-5-16-18(35)19(34(23)3)33-22(32-16)31-10-14-6-7-17(28-9-14)38-15-11-29-20(30-12-15)24(25,26)27/h6-7,9,11-13,36H,4-5,8,10H2,1-3H3,(H,31,32,33)/t13-,23-/m0/s1. The molecule has 2 aliphatic rings. The Morgan fingerprint density at radius 2 is 1.92 bits per heavy atom. The third-order valence-corrected chi connectivity index (χ3v) is 6.86. The second-order valence-corrected chi connectivity index (χ2v) is 9.31. The van der Waals surface area contributed by atoms with Crippen LogP contribution >= 0.6 is 0 Å². The number of anilines is 3. The highest BCUT2D eigenvalue weighted by Crippen LogP contribution is 2.44. The summed E-state index contributed by atoms with van der Waals surface area (Å²) < 4.78 is 43.3. The van der Waals surface area contributed by atoms with Gasteiger partial charge in [0, 0.05) is 32.4 Å². The zero-order chi connectivity index (χ0) is 27.2. The monoisotopic (exact) mass is 530 g/mol. The molecule has 0 spiro atoms. The smallest absolute Gasteiger partial charge is 0.436 e. The summed E-state index contributed by atoms with van der Waals surface area (Å²) in [5.41, 5.74) is 1.06. The summed E-state index contributed by atoms with van der Waals surface area (Å²) in [4.78, 5) is 36.6. The summed E-state index contributed by atoms with van der Waals surface area (Å²) in [6, 6.07) is 3.30. The van der Waals surface area contributed by atoms with Crippen LogP contribution in [0.3, 0.4) is 0 Å². The van der Waals surface area contributed by atoms with E-state index in [1.807, 2.05) is 0 Å². The largest absolute Gasteiger partial charge is 0.451 e. The molecule has 0 saturated heterocycles. The van der Waals surface area contributed by atoms with Crippen molar-refractivity contribution >= 4 is 23.4 Å². The van der Waals surface area contributed by atoms with Crippen LogP contribution < -0.4 is 19.9 Å². The summed E-state index contributed by atoms with van der Waals surface area (Å²) in [7, 11) is 1.74. The van der Waals surface area contributed by atoms with E-state index in [4.69, 9.17) is 4.74 Å². The van der Waals surface area contributed by atoms with Crippen LogP contribution in [-0.4, -0.2) is 61.2 Å². The molecule has 1 amide bonds. The topological polar surface area (TPSA) is 129 Å². The van der Waals surface area contributed by atoms with E-state index in [0.29, 0.717) is 37.0 Å². The van der Waals surface area contributed by atoms with Gasteiger partial charge >= 0.3 is 6.18 Å². The molecule has 38 heavy (non-hydrogen) atoms. The van der Waals surface area contributed by atoms with Gasteiger partial charge in [0.25, 0.3) is 5.91 Å². The number of nitrogens with one attached hydrogen (secondary N) is 1. The van der Waals surface area contributed by atoms with E-state index in [9.17, 15) is 23.1 Å². The van der Waals surface area contributed by atoms with Crippen molar-refractivity contribution in [2.75, 3.05) is 28.7 Å². The third-order valence-electron chi connectivity index (χ3n) is 6.86. The van der Waals surface area contributed by atoms with Crippen molar-refractivity contribution in [1.29, 1.82) is 0 Å². The van der Waals surface area contributed by atoms with Crippen LogP contribution in [0.2, 0.25) is 0 Å². The van der Waals surface area contributed by atoms with Gasteiger partial charge in [0.15, 0.2) is 11.6 Å². The lowest BCUT2D eigenvalue weighted by Crippen LogP contribution is -2.66. The molecular formula is C24H25F3N8O3. The Labute approximate surface area is 215 Å². The molecule has 0 fully saturated rings. The van der Waals surface area contributed by atoms with Crippen LogP contribution in [-0.2, 0) is 23.9 Å². The quantitative estimate of drug-likeness (QED) is 0.491. The molecule has 2 atom stereocenters. The lowest BCUT2D eigenvalue weighted by atomic mass is 9.87. The predicted molar refractivity (Wildman–Crippen MR) is 130 cm³/mol. The molecule has 0 aromatic carbocycles. The number of pyridine rings is 1. The molecule has 5 heterocycles. The Morgan fingerprint density at radius 1 is 1.18 bits per heavy atom. The minimum Gasteiger partial charge on any atom is -0.436 e. The summed E-state index contributed by atoms with van der Waals surface area (Å²) in [6.07, 6.45) is -0.693. The molecule has 11 nitrogen and oxygen atoms in total. The van der Waals surface area contributed by atoms with Crippen LogP contribution in [0.15, 0.2) is 30.7 Å². The lowest BCUT2D eigenvalue weighted by Gasteiger charge is -2.49. The summed E-state index contributed by atoms with van der Waals surface area (Å²) in [5, 5.41) is 13.6. The molecule has 0 saturated carbocycles. The predicted octanol–water partition coefficient (Wildman–Crippen LogP) is 2.95. The number of aliphatic hydroxyl groups excluding tert-OH is 1. The molecule has 5 rings (SSSR count). The lowest BCUT2D eigenvalue weighted by molar-refractivity contribution is -0.145. The number of aryl methyl sites for hydroxylation is 1. The van der Waals surface area contributed by atoms with Gasteiger partial charge in [-0.25, -0.2) is 19.9 Å². The average molecular weight is 531 g/mol. The molecule has 2 aliphatic heterocycles. The maximum absolute atomic E-state index is 13.3. The van der Waals surface area contributed by atoms with E-state index in [-0.39, 0.29) is 17.5 Å². The van der Waals surface area contributed by atoms with Gasteiger partial charge in [-0.3, -0.25) is 4.79 Å². The first kappa shape index (κ1) is 25.6. The van der Waals surface area contributed by atoms with E-state index in [1.165, 1.54) is 0 Å². The molecule has 14 heteroatoms. The van der Waals surface area contributed by atoms with E-state index in [1.54, 1.807) is 49.0 Å². The van der Waals surface area contributed by atoms with E-state index in [0.717, 1.165) is 30.1 Å². The number of ether oxygens (including phenoxy) is 1. The molecule has 0 aliphatic carbocycles. The number of rotatable bonds is 6.